The molecule has 9 heteroatoms. The lowest BCUT2D eigenvalue weighted by molar-refractivity contribution is -0.140. The Bertz CT molecular complexity index is 488. The number of nitrogens with zero attached hydrogens (tertiary/aromatic N) is 1. The van der Waals surface area contributed by atoms with E-state index in [1.165, 1.54) is 13.0 Å². The predicted molar refractivity (Wildman–Crippen MR) is 63.2 cm³/mol. The molecule has 9 nitrogen and oxygen atoms in total. The van der Waals surface area contributed by atoms with Gasteiger partial charge in [0.25, 0.3) is 5.91 Å². The Morgan fingerprint density at radius 2 is 1.95 bits per heavy atom. The molecule has 0 fully saturated rings. The Labute approximate surface area is 107 Å². The Balaban J connectivity index is 2.70. The van der Waals surface area contributed by atoms with E-state index in [0.717, 1.165) is 6.20 Å². The van der Waals surface area contributed by atoms with Gasteiger partial charge >= 0.3 is 5.69 Å². The summed E-state index contributed by atoms with van der Waals surface area (Å²) < 4.78 is 0. The van der Waals surface area contributed by atoms with Crippen molar-refractivity contribution in [1.82, 2.24) is 9.97 Å². The lowest BCUT2D eigenvalue weighted by atomic mass is 10.0. The average Bonchev–Trinajstić information content (AvgIpc) is 2.35. The molecule has 0 aliphatic heterocycles. The van der Waals surface area contributed by atoms with Gasteiger partial charge in [-0.05, 0) is 13.0 Å². The Morgan fingerprint density at radius 1 is 1.32 bits per heavy atom. The highest BCUT2D eigenvalue weighted by Crippen LogP contribution is 2.07. The summed E-state index contributed by atoms with van der Waals surface area (Å²) in [6.45, 7) is 1.19. The number of aromatic amines is 1. The van der Waals surface area contributed by atoms with Crippen molar-refractivity contribution in [3.05, 3.63) is 22.7 Å². The summed E-state index contributed by atoms with van der Waals surface area (Å²) in [5, 5.41) is 39.4. The second kappa shape index (κ2) is 6.38. The number of carbonyl (C=O) groups is 1. The fraction of sp³-hybridized carbons (Fsp3) is 0.500. The summed E-state index contributed by atoms with van der Waals surface area (Å²) in [5.41, 5.74) is -0.697. The van der Waals surface area contributed by atoms with Gasteiger partial charge in [0, 0.05) is 6.20 Å². The molecule has 106 valence electrons. The van der Waals surface area contributed by atoms with E-state index in [0.29, 0.717) is 0 Å². The van der Waals surface area contributed by atoms with Crippen LogP contribution in [0.4, 0.5) is 5.82 Å². The van der Waals surface area contributed by atoms with E-state index in [2.05, 4.69) is 15.3 Å². The molecule has 1 rings (SSSR count). The number of anilines is 1. The molecule has 0 aromatic carbocycles. The van der Waals surface area contributed by atoms with Crippen molar-refractivity contribution in [2.24, 2.45) is 0 Å². The molecule has 1 aromatic heterocycles. The van der Waals surface area contributed by atoms with Gasteiger partial charge in [-0.1, -0.05) is 0 Å². The molecule has 0 saturated carbocycles. The normalized spacial score (nSPS) is 17.3. The van der Waals surface area contributed by atoms with Crippen LogP contribution in [0, 0.1) is 0 Å². The van der Waals surface area contributed by atoms with Gasteiger partial charge in [-0.2, -0.15) is 0 Å². The molecule has 0 unspecified atom stereocenters. The molecule has 19 heavy (non-hydrogen) atoms. The van der Waals surface area contributed by atoms with E-state index in [1.54, 1.807) is 0 Å². The Kier molecular flexibility index (Phi) is 5.12. The highest BCUT2D eigenvalue weighted by molar-refractivity contribution is 5.93. The van der Waals surface area contributed by atoms with Crippen molar-refractivity contribution in [2.45, 2.75) is 31.3 Å². The van der Waals surface area contributed by atoms with Crippen LogP contribution in [0.1, 0.15) is 6.92 Å². The number of aliphatic hydroxyl groups excluding tert-OH is 4. The van der Waals surface area contributed by atoms with Crippen molar-refractivity contribution >= 4 is 11.7 Å². The van der Waals surface area contributed by atoms with Crippen LogP contribution in [0.2, 0.25) is 0 Å². The summed E-state index contributed by atoms with van der Waals surface area (Å²) in [5.74, 6) is -1.07. The quantitative estimate of drug-likeness (QED) is 0.337. The van der Waals surface area contributed by atoms with Gasteiger partial charge in [0.15, 0.2) is 6.10 Å². The second-order valence-corrected chi connectivity index (χ2v) is 3.94. The Morgan fingerprint density at radius 3 is 2.47 bits per heavy atom. The number of aromatic nitrogens is 2. The van der Waals surface area contributed by atoms with Crippen molar-refractivity contribution in [3.8, 4) is 0 Å². The van der Waals surface area contributed by atoms with E-state index in [1.807, 2.05) is 0 Å². The van der Waals surface area contributed by atoms with Crippen LogP contribution < -0.4 is 11.0 Å². The fourth-order valence-corrected chi connectivity index (χ4v) is 1.28. The minimum atomic E-state index is -1.97. The van der Waals surface area contributed by atoms with Crippen LogP contribution in [0.5, 0.6) is 0 Å². The smallest absolute Gasteiger partial charge is 0.346 e. The van der Waals surface area contributed by atoms with E-state index >= 15 is 0 Å². The van der Waals surface area contributed by atoms with Crippen molar-refractivity contribution < 1.29 is 25.2 Å². The maximum atomic E-state index is 11.5. The number of carbonyl (C=O) groups excluding carboxylic acids is 1. The summed E-state index contributed by atoms with van der Waals surface area (Å²) in [4.78, 5) is 27.9. The first-order chi connectivity index (χ1) is 8.82. The highest BCUT2D eigenvalue weighted by atomic mass is 16.4. The molecule has 1 amide bonds. The van der Waals surface area contributed by atoms with E-state index in [4.69, 9.17) is 5.11 Å². The molecular weight excluding hydrogens is 258 g/mol. The first kappa shape index (κ1) is 15.2. The van der Waals surface area contributed by atoms with E-state index in [9.17, 15) is 24.9 Å². The highest BCUT2D eigenvalue weighted by Gasteiger charge is 2.32. The topological polar surface area (TPSA) is 156 Å². The van der Waals surface area contributed by atoms with Gasteiger partial charge in [0.1, 0.15) is 18.0 Å². The summed E-state index contributed by atoms with van der Waals surface area (Å²) in [6, 6.07) is 1.27. The van der Waals surface area contributed by atoms with Gasteiger partial charge < -0.3 is 25.7 Å². The summed E-state index contributed by atoms with van der Waals surface area (Å²) >= 11 is 0. The molecule has 0 saturated heterocycles. The number of nitrogens with one attached hydrogen (secondary N) is 2. The number of H-pyrrole nitrogens is 1. The molecule has 0 aliphatic rings. The molecule has 6 N–H and O–H groups in total. The molecular formula is C10H15N3O6. The third-order valence-corrected chi connectivity index (χ3v) is 2.37. The van der Waals surface area contributed by atoms with Crippen molar-refractivity contribution in [2.75, 3.05) is 5.32 Å². The number of rotatable bonds is 5. The van der Waals surface area contributed by atoms with Gasteiger partial charge in [0.05, 0.1) is 6.10 Å². The summed E-state index contributed by atoms with van der Waals surface area (Å²) in [6.07, 6.45) is -5.70. The number of amides is 1. The number of aliphatic hydroxyl groups is 4. The maximum absolute atomic E-state index is 11.5. The van der Waals surface area contributed by atoms with Crippen LogP contribution >= 0.6 is 0 Å². The van der Waals surface area contributed by atoms with Crippen LogP contribution in [-0.2, 0) is 4.79 Å². The fourth-order valence-electron chi connectivity index (χ4n) is 1.28. The third-order valence-electron chi connectivity index (χ3n) is 2.37. The summed E-state index contributed by atoms with van der Waals surface area (Å²) in [7, 11) is 0. The van der Waals surface area contributed by atoms with Crippen molar-refractivity contribution in [3.63, 3.8) is 0 Å². The first-order valence-corrected chi connectivity index (χ1v) is 5.41. The molecule has 0 bridgehead atoms. The lowest BCUT2D eigenvalue weighted by Gasteiger charge is -2.23. The Hall–Kier alpha value is -1.81. The van der Waals surface area contributed by atoms with Gasteiger partial charge in [-0.25, -0.2) is 9.78 Å². The zero-order valence-corrected chi connectivity index (χ0v) is 10.0. The van der Waals surface area contributed by atoms with Gasteiger partial charge in [0.2, 0.25) is 0 Å². The zero-order chi connectivity index (χ0) is 14.6. The van der Waals surface area contributed by atoms with E-state index < -0.39 is 36.0 Å². The molecule has 0 spiro atoms. The van der Waals surface area contributed by atoms with Crippen LogP contribution in [0.3, 0.4) is 0 Å². The molecule has 4 atom stereocenters. The largest absolute Gasteiger partial charge is 0.391 e. The standard InChI is InChI=1S/C10H15N3O6/c1-4(14)6(15)7(16)8(17)9(18)12-5-2-3-11-10(19)13-5/h2-4,6-8,14-17H,1H3,(H2,11,12,13,18,19)/t4-,6-,7+,8+/m0/s1. The van der Waals surface area contributed by atoms with Crippen LogP contribution in [0.25, 0.3) is 0 Å². The average molecular weight is 273 g/mol. The number of hydrogen-bond donors (Lipinski definition) is 6. The molecule has 1 heterocycles. The second-order valence-electron chi connectivity index (χ2n) is 3.94. The third kappa shape index (κ3) is 4.10. The monoisotopic (exact) mass is 273 g/mol. The predicted octanol–water partition coefficient (Wildman–Crippen LogP) is -2.83. The maximum Gasteiger partial charge on any atom is 0.346 e. The SMILES string of the molecule is C[C@H](O)[C@H](O)[C@@H](O)[C@@H](O)C(=O)Nc1ccnc(=O)[nH]1. The first-order valence-electron chi connectivity index (χ1n) is 5.41. The van der Waals surface area contributed by atoms with Gasteiger partial charge in [-0.3, -0.25) is 9.78 Å². The minimum absolute atomic E-state index is 0.0252. The molecule has 0 radical (unpaired) electrons. The van der Waals surface area contributed by atoms with Crippen molar-refractivity contribution in [1.29, 1.82) is 0 Å². The molecule has 1 aromatic rings. The van der Waals surface area contributed by atoms with Crippen LogP contribution in [0.15, 0.2) is 17.1 Å². The zero-order valence-electron chi connectivity index (χ0n) is 10.0. The van der Waals surface area contributed by atoms with E-state index in [-0.39, 0.29) is 5.82 Å². The van der Waals surface area contributed by atoms with Crippen LogP contribution in [-0.4, -0.2) is 60.7 Å². The lowest BCUT2D eigenvalue weighted by Crippen LogP contribution is -2.48. The minimum Gasteiger partial charge on any atom is -0.391 e. The number of hydrogen-bond acceptors (Lipinski definition) is 7. The van der Waals surface area contributed by atoms with Gasteiger partial charge in [-0.15, -0.1) is 0 Å². The molecule has 0 aliphatic carbocycles.